The van der Waals surface area contributed by atoms with Crippen LogP contribution in [0.2, 0.25) is 0 Å². The molecule has 0 fully saturated rings. The fourth-order valence-corrected chi connectivity index (χ4v) is 2.77. The molecular weight excluding hydrogens is 309 g/mol. The highest BCUT2D eigenvalue weighted by atomic mass is 79.9. The lowest BCUT2D eigenvalue weighted by molar-refractivity contribution is 0.556. The van der Waals surface area contributed by atoms with Gasteiger partial charge in [-0.05, 0) is 18.6 Å². The van der Waals surface area contributed by atoms with E-state index >= 15 is 0 Å². The molecule has 3 nitrogen and oxygen atoms in total. The number of hydrogen-bond donors (Lipinski definition) is 1. The van der Waals surface area contributed by atoms with Crippen LogP contribution in [-0.2, 0) is 13.0 Å². The maximum Gasteiger partial charge on any atom is 0.129 e. The molecular formula is C14H17BrFN3. The number of hydrogen-bond acceptors (Lipinski definition) is 2. The average molecular weight is 326 g/mol. The predicted octanol–water partition coefficient (Wildman–Crippen LogP) is 3.44. The van der Waals surface area contributed by atoms with E-state index in [2.05, 4.69) is 32.4 Å². The lowest BCUT2D eigenvalue weighted by Gasteiger charge is -2.15. The number of benzene rings is 1. The molecule has 1 aromatic heterocycles. The first-order valence-electron chi connectivity index (χ1n) is 6.33. The number of nitrogens with two attached hydrogens (primary N) is 1. The quantitative estimate of drug-likeness (QED) is 0.915. The zero-order valence-electron chi connectivity index (χ0n) is 10.8. The maximum absolute atomic E-state index is 13.8. The first-order valence-corrected chi connectivity index (χ1v) is 7.12. The van der Waals surface area contributed by atoms with Gasteiger partial charge in [0.1, 0.15) is 11.6 Å². The third-order valence-corrected chi connectivity index (χ3v) is 3.73. The van der Waals surface area contributed by atoms with Gasteiger partial charge < -0.3 is 10.3 Å². The van der Waals surface area contributed by atoms with E-state index in [-0.39, 0.29) is 5.82 Å². The summed E-state index contributed by atoms with van der Waals surface area (Å²) < 4.78 is 16.6. The molecule has 0 saturated heterocycles. The van der Waals surface area contributed by atoms with E-state index in [4.69, 9.17) is 5.73 Å². The number of nitrogens with zero attached hydrogens (tertiary/aromatic N) is 2. The van der Waals surface area contributed by atoms with Crippen LogP contribution in [0.1, 0.15) is 30.8 Å². The fourth-order valence-electron chi connectivity index (χ4n) is 2.14. The molecule has 0 radical (unpaired) electrons. The molecule has 1 unspecified atom stereocenters. The van der Waals surface area contributed by atoms with Crippen molar-refractivity contribution in [2.75, 3.05) is 0 Å². The lowest BCUT2D eigenvalue weighted by atomic mass is 10.0. The monoisotopic (exact) mass is 325 g/mol. The molecule has 0 bridgehead atoms. The van der Waals surface area contributed by atoms with E-state index in [0.29, 0.717) is 16.5 Å². The molecule has 0 saturated carbocycles. The molecule has 2 aromatic rings. The molecule has 0 amide bonds. The van der Waals surface area contributed by atoms with E-state index in [9.17, 15) is 4.39 Å². The Balaban J connectivity index is 2.21. The van der Waals surface area contributed by atoms with E-state index in [1.807, 2.05) is 6.20 Å². The summed E-state index contributed by atoms with van der Waals surface area (Å²) >= 11 is 3.35. The molecule has 102 valence electrons. The number of imidazole rings is 1. The number of aryl methyl sites for hydroxylation is 1. The van der Waals surface area contributed by atoms with Gasteiger partial charge in [-0.2, -0.15) is 0 Å². The summed E-state index contributed by atoms with van der Waals surface area (Å²) in [6.07, 6.45) is 5.24. The third-order valence-electron chi connectivity index (χ3n) is 3.04. The summed E-state index contributed by atoms with van der Waals surface area (Å²) in [5.74, 6) is 0.611. The van der Waals surface area contributed by atoms with Gasteiger partial charge in [-0.15, -0.1) is 0 Å². The highest BCUT2D eigenvalue weighted by Gasteiger charge is 2.17. The Bertz CT molecular complexity index is 533. The van der Waals surface area contributed by atoms with Crippen LogP contribution >= 0.6 is 15.9 Å². The summed E-state index contributed by atoms with van der Waals surface area (Å²) in [4.78, 5) is 4.30. The van der Waals surface area contributed by atoms with E-state index < -0.39 is 6.04 Å². The second-order valence-corrected chi connectivity index (χ2v) is 5.34. The summed E-state index contributed by atoms with van der Waals surface area (Å²) in [5.41, 5.74) is 6.64. The molecule has 1 heterocycles. The zero-order chi connectivity index (χ0) is 13.8. The van der Waals surface area contributed by atoms with Gasteiger partial charge in [-0.3, -0.25) is 0 Å². The van der Waals surface area contributed by atoms with Crippen LogP contribution in [0.25, 0.3) is 0 Å². The molecule has 0 aliphatic rings. The Morgan fingerprint density at radius 1 is 1.47 bits per heavy atom. The second kappa shape index (κ2) is 6.30. The Morgan fingerprint density at radius 2 is 2.26 bits per heavy atom. The normalized spacial score (nSPS) is 12.6. The maximum atomic E-state index is 13.8. The summed E-state index contributed by atoms with van der Waals surface area (Å²) in [5, 5.41) is 0. The Labute approximate surface area is 120 Å². The molecule has 0 aliphatic heterocycles. The van der Waals surface area contributed by atoms with Crippen molar-refractivity contribution >= 4 is 15.9 Å². The van der Waals surface area contributed by atoms with Crippen molar-refractivity contribution in [1.82, 2.24) is 9.55 Å². The van der Waals surface area contributed by atoms with Gasteiger partial charge in [0.05, 0.1) is 0 Å². The van der Waals surface area contributed by atoms with Crippen LogP contribution in [0.5, 0.6) is 0 Å². The molecule has 19 heavy (non-hydrogen) atoms. The molecule has 2 N–H and O–H groups in total. The topological polar surface area (TPSA) is 43.8 Å². The van der Waals surface area contributed by atoms with E-state index in [1.165, 1.54) is 6.07 Å². The van der Waals surface area contributed by atoms with Crippen molar-refractivity contribution < 1.29 is 4.39 Å². The molecule has 0 aliphatic carbocycles. The van der Waals surface area contributed by atoms with Crippen molar-refractivity contribution in [3.63, 3.8) is 0 Å². The van der Waals surface area contributed by atoms with Gasteiger partial charge in [0.2, 0.25) is 0 Å². The summed E-state index contributed by atoms with van der Waals surface area (Å²) in [6.45, 7) is 3.01. The van der Waals surface area contributed by atoms with Crippen LogP contribution in [-0.4, -0.2) is 9.55 Å². The minimum Gasteiger partial charge on any atom is -0.335 e. The van der Waals surface area contributed by atoms with Crippen LogP contribution in [0.3, 0.4) is 0 Å². The Hall–Kier alpha value is -1.20. The van der Waals surface area contributed by atoms with Crippen LogP contribution in [0.4, 0.5) is 4.39 Å². The minimum absolute atomic E-state index is 0.282. The molecule has 1 atom stereocenters. The first kappa shape index (κ1) is 14.2. The smallest absolute Gasteiger partial charge is 0.129 e. The Morgan fingerprint density at radius 3 is 2.95 bits per heavy atom. The fraction of sp³-hybridized carbons (Fsp3) is 0.357. The third kappa shape index (κ3) is 3.22. The van der Waals surface area contributed by atoms with Crippen molar-refractivity contribution in [3.8, 4) is 0 Å². The zero-order valence-corrected chi connectivity index (χ0v) is 12.4. The molecule has 1 aromatic carbocycles. The van der Waals surface area contributed by atoms with E-state index in [0.717, 1.165) is 18.8 Å². The number of aromatic nitrogens is 2. The Kier molecular flexibility index (Phi) is 4.71. The SMILES string of the molecule is CCCn1ccnc1CC(N)c1c(F)cccc1Br. The average Bonchev–Trinajstić information content (AvgIpc) is 2.77. The summed E-state index contributed by atoms with van der Waals surface area (Å²) in [7, 11) is 0. The lowest BCUT2D eigenvalue weighted by Crippen LogP contribution is -2.18. The number of halogens is 2. The van der Waals surface area contributed by atoms with Crippen molar-refractivity contribution in [2.45, 2.75) is 32.4 Å². The van der Waals surface area contributed by atoms with Gasteiger partial charge >= 0.3 is 0 Å². The van der Waals surface area contributed by atoms with Crippen molar-refractivity contribution in [1.29, 1.82) is 0 Å². The largest absolute Gasteiger partial charge is 0.335 e. The van der Waals surface area contributed by atoms with Crippen LogP contribution in [0.15, 0.2) is 35.1 Å². The molecule has 0 spiro atoms. The predicted molar refractivity (Wildman–Crippen MR) is 77.3 cm³/mol. The van der Waals surface area contributed by atoms with Crippen LogP contribution < -0.4 is 5.73 Å². The van der Waals surface area contributed by atoms with E-state index in [1.54, 1.807) is 18.3 Å². The van der Waals surface area contributed by atoms with Gasteiger partial charge in [-0.25, -0.2) is 9.37 Å². The van der Waals surface area contributed by atoms with Crippen molar-refractivity contribution in [3.05, 3.63) is 52.3 Å². The molecule has 5 heteroatoms. The first-order chi connectivity index (χ1) is 9.13. The standard InChI is InChI=1S/C14H17BrFN3/c1-2-7-19-8-6-18-13(19)9-12(17)14-10(15)4-3-5-11(14)16/h3-6,8,12H,2,7,9,17H2,1H3. The van der Waals surface area contributed by atoms with Gasteiger partial charge in [0, 0.05) is 41.4 Å². The second-order valence-electron chi connectivity index (χ2n) is 4.48. The molecule has 2 rings (SSSR count). The van der Waals surface area contributed by atoms with Crippen molar-refractivity contribution in [2.24, 2.45) is 5.73 Å². The number of rotatable bonds is 5. The van der Waals surface area contributed by atoms with Crippen LogP contribution in [0, 0.1) is 5.82 Å². The van der Waals surface area contributed by atoms with Gasteiger partial charge in [-0.1, -0.05) is 28.9 Å². The van der Waals surface area contributed by atoms with Gasteiger partial charge in [0.25, 0.3) is 0 Å². The minimum atomic E-state index is -0.409. The summed E-state index contributed by atoms with van der Waals surface area (Å²) in [6, 6.07) is 4.48. The van der Waals surface area contributed by atoms with Gasteiger partial charge in [0.15, 0.2) is 0 Å². The highest BCUT2D eigenvalue weighted by molar-refractivity contribution is 9.10. The highest BCUT2D eigenvalue weighted by Crippen LogP contribution is 2.26.